The maximum atomic E-state index is 9.38. The van der Waals surface area contributed by atoms with E-state index in [2.05, 4.69) is 4.52 Å². The Morgan fingerprint density at radius 3 is 2.67 bits per heavy atom. The summed E-state index contributed by atoms with van der Waals surface area (Å²) >= 11 is 5.11. The van der Waals surface area contributed by atoms with E-state index in [0.717, 1.165) is 0 Å². The minimum Gasteiger partial charge on any atom is -0.293 e. The van der Waals surface area contributed by atoms with Crippen molar-refractivity contribution in [2.75, 3.05) is 12.5 Å². The lowest BCUT2D eigenvalue weighted by Crippen LogP contribution is -1.80. The predicted molar refractivity (Wildman–Crippen MR) is 24.3 cm³/mol. The summed E-state index contributed by atoms with van der Waals surface area (Å²) in [5.74, 6) is 0.398. The first-order valence-corrected chi connectivity index (χ1v) is 2.69. The highest BCUT2D eigenvalue weighted by Gasteiger charge is 1.76. The van der Waals surface area contributed by atoms with Crippen molar-refractivity contribution in [1.82, 2.24) is 0 Å². The van der Waals surface area contributed by atoms with Gasteiger partial charge in [-0.2, -0.15) is 0 Å². The lowest BCUT2D eigenvalue weighted by atomic mass is 10.9. The first-order chi connectivity index (χ1) is 2.91. The molecule has 2 nitrogen and oxygen atoms in total. The maximum absolute atomic E-state index is 9.38. The van der Waals surface area contributed by atoms with Gasteiger partial charge in [0, 0.05) is 5.88 Å². The third kappa shape index (κ3) is 4.35. The second kappa shape index (κ2) is 5.35. The number of hydrogen-bond acceptors (Lipinski definition) is 2. The molecular formula is C2H4ClO2P. The monoisotopic (exact) mass is 126 g/mol. The van der Waals surface area contributed by atoms with Gasteiger partial charge in [-0.05, 0) is 0 Å². The molecule has 0 amide bonds. The molecule has 0 atom stereocenters. The van der Waals surface area contributed by atoms with Gasteiger partial charge in [0.1, 0.15) is 0 Å². The fraction of sp³-hybridized carbons (Fsp3) is 1.00. The number of rotatable bonds is 3. The van der Waals surface area contributed by atoms with E-state index in [-0.39, 0.29) is 8.69 Å². The lowest BCUT2D eigenvalue weighted by molar-refractivity contribution is 0.368. The van der Waals surface area contributed by atoms with Crippen molar-refractivity contribution in [3.05, 3.63) is 0 Å². The molecule has 0 aromatic carbocycles. The van der Waals surface area contributed by atoms with E-state index in [1.165, 1.54) is 0 Å². The predicted octanol–water partition coefficient (Wildman–Crippen LogP) is 1.45. The van der Waals surface area contributed by atoms with Gasteiger partial charge in [-0.15, -0.1) is 11.6 Å². The fourth-order valence-electron chi connectivity index (χ4n) is 0.0718. The van der Waals surface area contributed by atoms with Crippen LogP contribution in [0.4, 0.5) is 0 Å². The van der Waals surface area contributed by atoms with Gasteiger partial charge in [0.2, 0.25) is 0 Å². The summed E-state index contributed by atoms with van der Waals surface area (Å²) < 4.78 is 13.6. The van der Waals surface area contributed by atoms with Gasteiger partial charge in [-0.25, -0.2) is 4.57 Å². The molecule has 0 aliphatic rings. The van der Waals surface area contributed by atoms with Gasteiger partial charge in [-0.1, -0.05) is 0 Å². The molecule has 0 aliphatic carbocycles. The Morgan fingerprint density at radius 2 is 2.50 bits per heavy atom. The molecule has 4 heteroatoms. The van der Waals surface area contributed by atoms with Gasteiger partial charge in [0.05, 0.1) is 6.61 Å². The zero-order valence-corrected chi connectivity index (χ0v) is 4.71. The highest BCUT2D eigenvalue weighted by atomic mass is 35.5. The van der Waals surface area contributed by atoms with Gasteiger partial charge in [0.15, 0.2) is 0 Å². The summed E-state index contributed by atoms with van der Waals surface area (Å²) in [6.45, 7) is 0.354. The smallest absolute Gasteiger partial charge is 0.293 e. The van der Waals surface area contributed by atoms with Crippen LogP contribution in [0.1, 0.15) is 0 Å². The fourth-order valence-corrected chi connectivity index (χ4v) is 0.422. The van der Waals surface area contributed by atoms with Gasteiger partial charge < -0.3 is 0 Å². The molecule has 0 fully saturated rings. The van der Waals surface area contributed by atoms with E-state index in [0.29, 0.717) is 12.5 Å². The first kappa shape index (κ1) is 6.35. The minimum absolute atomic E-state index is 0.289. The van der Waals surface area contributed by atoms with Crippen LogP contribution in [0.5, 0.6) is 0 Å². The van der Waals surface area contributed by atoms with E-state index < -0.39 is 0 Å². The molecular weight excluding hydrogens is 122 g/mol. The standard InChI is InChI=1S/C2H4ClO2P/c3-1-2-5-6-4/h1-2H2. The average Bonchev–Trinajstić information content (AvgIpc) is 1.61. The molecule has 0 saturated heterocycles. The summed E-state index contributed by atoms with van der Waals surface area (Å²) in [4.78, 5) is 0. The second-order valence-electron chi connectivity index (χ2n) is 0.597. The highest BCUT2D eigenvalue weighted by Crippen LogP contribution is 1.92. The van der Waals surface area contributed by atoms with E-state index >= 15 is 0 Å². The largest absolute Gasteiger partial charge is 0.327 e. The Kier molecular flexibility index (Phi) is 5.66. The van der Waals surface area contributed by atoms with E-state index in [4.69, 9.17) is 11.6 Å². The maximum Gasteiger partial charge on any atom is 0.327 e. The topological polar surface area (TPSA) is 26.3 Å². The zero-order chi connectivity index (χ0) is 4.83. The van der Waals surface area contributed by atoms with Crippen molar-refractivity contribution >= 4 is 20.3 Å². The van der Waals surface area contributed by atoms with E-state index in [9.17, 15) is 4.57 Å². The molecule has 0 spiro atoms. The molecule has 0 bridgehead atoms. The van der Waals surface area contributed by atoms with Crippen LogP contribution in [-0.4, -0.2) is 12.5 Å². The number of halogens is 1. The quantitative estimate of drug-likeness (QED) is 0.325. The first-order valence-electron chi connectivity index (χ1n) is 1.42. The van der Waals surface area contributed by atoms with Crippen LogP contribution in [0.25, 0.3) is 0 Å². The van der Waals surface area contributed by atoms with Gasteiger partial charge >= 0.3 is 8.69 Å². The van der Waals surface area contributed by atoms with Gasteiger partial charge in [0.25, 0.3) is 0 Å². The van der Waals surface area contributed by atoms with Crippen molar-refractivity contribution in [2.45, 2.75) is 0 Å². The van der Waals surface area contributed by atoms with Crippen LogP contribution in [0.2, 0.25) is 0 Å². The van der Waals surface area contributed by atoms with Crippen molar-refractivity contribution in [3.63, 3.8) is 0 Å². The molecule has 0 aromatic rings. The molecule has 0 aromatic heterocycles. The van der Waals surface area contributed by atoms with E-state index in [1.807, 2.05) is 0 Å². The van der Waals surface area contributed by atoms with Crippen molar-refractivity contribution in [2.24, 2.45) is 0 Å². The SMILES string of the molecule is O=POCCCl. The molecule has 0 heterocycles. The molecule has 0 N–H and O–H groups in total. The Morgan fingerprint density at radius 1 is 1.83 bits per heavy atom. The Labute approximate surface area is 42.7 Å². The molecule has 36 valence electrons. The average molecular weight is 126 g/mol. The molecule has 0 radical (unpaired) electrons. The third-order valence-corrected chi connectivity index (χ3v) is 0.663. The number of hydrogen-bond donors (Lipinski definition) is 0. The zero-order valence-electron chi connectivity index (χ0n) is 3.06. The molecule has 0 saturated carbocycles. The van der Waals surface area contributed by atoms with E-state index in [1.54, 1.807) is 0 Å². The highest BCUT2D eigenvalue weighted by molar-refractivity contribution is 7.17. The minimum atomic E-state index is -0.289. The van der Waals surface area contributed by atoms with Crippen LogP contribution in [-0.2, 0) is 9.09 Å². The summed E-state index contributed by atoms with van der Waals surface area (Å²) in [5, 5.41) is 0. The summed E-state index contributed by atoms with van der Waals surface area (Å²) in [6, 6.07) is 0. The van der Waals surface area contributed by atoms with Crippen LogP contribution in [0.3, 0.4) is 0 Å². The molecule has 0 unspecified atom stereocenters. The van der Waals surface area contributed by atoms with Crippen LogP contribution in [0.15, 0.2) is 0 Å². The van der Waals surface area contributed by atoms with Crippen molar-refractivity contribution in [3.8, 4) is 0 Å². The Hall–Kier alpha value is 0.350. The third-order valence-electron chi connectivity index (χ3n) is 0.221. The second-order valence-corrected chi connectivity index (χ2v) is 1.38. The molecule has 0 aliphatic heterocycles. The van der Waals surface area contributed by atoms with Crippen molar-refractivity contribution in [1.29, 1.82) is 0 Å². The van der Waals surface area contributed by atoms with Crippen LogP contribution < -0.4 is 0 Å². The lowest BCUT2D eigenvalue weighted by Gasteiger charge is -1.79. The van der Waals surface area contributed by atoms with Crippen LogP contribution >= 0.6 is 20.3 Å². The molecule has 0 rings (SSSR count). The summed E-state index contributed by atoms with van der Waals surface area (Å²) in [7, 11) is -0.289. The summed E-state index contributed by atoms with van der Waals surface area (Å²) in [5.41, 5.74) is 0. The Balaban J connectivity index is 2.49. The number of alkyl halides is 1. The van der Waals surface area contributed by atoms with Crippen LogP contribution in [0, 0.1) is 0 Å². The Bertz CT molecular complexity index is 40.5. The van der Waals surface area contributed by atoms with Crippen molar-refractivity contribution < 1.29 is 9.09 Å². The van der Waals surface area contributed by atoms with Gasteiger partial charge in [-0.3, -0.25) is 4.52 Å². The normalized spacial score (nSPS) is 9.50. The summed E-state index contributed by atoms with van der Waals surface area (Å²) in [6.07, 6.45) is 0. The molecule has 6 heavy (non-hydrogen) atoms.